The number of hydrogen-bond donors (Lipinski definition) is 3. The molecule has 1 aliphatic heterocycles. The molecule has 1 amide bonds. The number of rotatable bonds is 7. The number of aromatic amines is 1. The lowest BCUT2D eigenvalue weighted by Crippen LogP contribution is -2.52. The highest BCUT2D eigenvalue weighted by molar-refractivity contribution is 5.93. The molecule has 32 heavy (non-hydrogen) atoms. The molecular formula is C22H27F2N5O3. The molecule has 2 unspecified atom stereocenters. The predicted molar refractivity (Wildman–Crippen MR) is 116 cm³/mol. The standard InChI is InChI=1S/C22H27F2N5O3/c1-13(20(30)28-19-5-4-16(10-26-19)32-12-14-2-3-14)29-7-6-22(23,24)17(11-29)15-8-18(25)21(31)27-9-15/h4-5,8-10,13-14,17H,2-3,6-7,11-12,25H2,1H3,(H,27,31)(H,26,28,30). The average molecular weight is 447 g/mol. The van der Waals surface area contributed by atoms with Gasteiger partial charge in [0.1, 0.15) is 11.6 Å². The number of nitrogens with zero attached hydrogens (tertiary/aromatic N) is 2. The van der Waals surface area contributed by atoms with E-state index in [1.165, 1.54) is 25.1 Å². The van der Waals surface area contributed by atoms with Gasteiger partial charge in [0.15, 0.2) is 0 Å². The maximum absolute atomic E-state index is 14.6. The number of anilines is 2. The first-order valence-corrected chi connectivity index (χ1v) is 10.7. The van der Waals surface area contributed by atoms with Crippen LogP contribution in [0.3, 0.4) is 0 Å². The highest BCUT2D eigenvalue weighted by Gasteiger charge is 2.46. The monoisotopic (exact) mass is 447 g/mol. The number of amides is 1. The van der Waals surface area contributed by atoms with Crippen molar-refractivity contribution < 1.29 is 18.3 Å². The van der Waals surface area contributed by atoms with Crippen LogP contribution in [-0.4, -0.2) is 52.4 Å². The topological polar surface area (TPSA) is 113 Å². The second-order valence-electron chi connectivity index (χ2n) is 8.57. The van der Waals surface area contributed by atoms with Gasteiger partial charge in [0.05, 0.1) is 30.5 Å². The molecule has 2 aromatic rings. The van der Waals surface area contributed by atoms with Crippen molar-refractivity contribution in [3.8, 4) is 5.75 Å². The molecule has 4 rings (SSSR count). The number of hydrogen-bond acceptors (Lipinski definition) is 6. The van der Waals surface area contributed by atoms with E-state index in [2.05, 4.69) is 15.3 Å². The van der Waals surface area contributed by atoms with Gasteiger partial charge in [-0.05, 0) is 49.4 Å². The van der Waals surface area contributed by atoms with Gasteiger partial charge < -0.3 is 20.8 Å². The molecule has 2 aromatic heterocycles. The number of piperidine rings is 1. The van der Waals surface area contributed by atoms with E-state index in [4.69, 9.17) is 10.5 Å². The number of aromatic nitrogens is 2. The van der Waals surface area contributed by atoms with E-state index in [9.17, 15) is 18.4 Å². The normalized spacial score (nSPS) is 21.7. The molecule has 4 N–H and O–H groups in total. The highest BCUT2D eigenvalue weighted by Crippen LogP contribution is 2.40. The van der Waals surface area contributed by atoms with Gasteiger partial charge >= 0.3 is 0 Å². The minimum Gasteiger partial charge on any atom is -0.492 e. The predicted octanol–water partition coefficient (Wildman–Crippen LogP) is 2.59. The molecule has 0 spiro atoms. The Morgan fingerprint density at radius 3 is 2.88 bits per heavy atom. The van der Waals surface area contributed by atoms with Gasteiger partial charge in [-0.15, -0.1) is 0 Å². The third-order valence-corrected chi connectivity index (χ3v) is 6.11. The zero-order chi connectivity index (χ0) is 22.9. The Labute approximate surface area is 184 Å². The van der Waals surface area contributed by atoms with Crippen LogP contribution in [0, 0.1) is 5.92 Å². The second kappa shape index (κ2) is 8.85. The lowest BCUT2D eigenvalue weighted by molar-refractivity contribution is -0.125. The lowest BCUT2D eigenvalue weighted by Gasteiger charge is -2.40. The van der Waals surface area contributed by atoms with Gasteiger partial charge in [0.2, 0.25) is 5.91 Å². The van der Waals surface area contributed by atoms with Crippen LogP contribution in [0.1, 0.15) is 37.7 Å². The Kier molecular flexibility index (Phi) is 6.14. The van der Waals surface area contributed by atoms with Crippen LogP contribution < -0.4 is 21.3 Å². The van der Waals surface area contributed by atoms with Crippen molar-refractivity contribution in [2.75, 3.05) is 30.7 Å². The minimum absolute atomic E-state index is 0.0472. The molecule has 0 radical (unpaired) electrons. The molecule has 2 fully saturated rings. The molecule has 0 bridgehead atoms. The van der Waals surface area contributed by atoms with Crippen LogP contribution in [-0.2, 0) is 4.79 Å². The van der Waals surface area contributed by atoms with Gasteiger partial charge in [-0.2, -0.15) is 0 Å². The van der Waals surface area contributed by atoms with Crippen molar-refractivity contribution in [2.45, 2.75) is 44.1 Å². The SMILES string of the molecule is CC(C(=O)Nc1ccc(OCC2CC2)cn1)N1CCC(F)(F)C(c2c[nH]c(=O)c(N)c2)C1. The molecule has 1 saturated heterocycles. The number of nitrogen functional groups attached to an aromatic ring is 1. The van der Waals surface area contributed by atoms with Gasteiger partial charge in [-0.3, -0.25) is 14.5 Å². The summed E-state index contributed by atoms with van der Waals surface area (Å²) in [7, 11) is 0. The van der Waals surface area contributed by atoms with E-state index in [0.29, 0.717) is 24.1 Å². The smallest absolute Gasteiger partial charge is 0.271 e. The summed E-state index contributed by atoms with van der Waals surface area (Å²) in [5.74, 6) is -2.86. The minimum atomic E-state index is -2.98. The molecule has 10 heteroatoms. The summed E-state index contributed by atoms with van der Waals surface area (Å²) < 4.78 is 34.9. The van der Waals surface area contributed by atoms with E-state index in [1.54, 1.807) is 30.2 Å². The van der Waals surface area contributed by atoms with Crippen molar-refractivity contribution >= 4 is 17.4 Å². The number of ether oxygens (including phenoxy) is 1. The molecule has 2 atom stereocenters. The summed E-state index contributed by atoms with van der Waals surface area (Å²) in [4.78, 5) is 32.5. The Morgan fingerprint density at radius 2 is 2.22 bits per heavy atom. The molecule has 3 heterocycles. The Morgan fingerprint density at radius 1 is 1.44 bits per heavy atom. The van der Waals surface area contributed by atoms with Crippen LogP contribution >= 0.6 is 0 Å². The molecule has 1 aliphatic carbocycles. The number of nitrogens with one attached hydrogen (secondary N) is 2. The van der Waals surface area contributed by atoms with Crippen molar-refractivity contribution in [1.82, 2.24) is 14.9 Å². The number of carbonyl (C=O) groups excluding carboxylic acids is 1. The van der Waals surface area contributed by atoms with E-state index in [1.807, 2.05) is 0 Å². The van der Waals surface area contributed by atoms with E-state index in [0.717, 1.165) is 0 Å². The van der Waals surface area contributed by atoms with Gasteiger partial charge in [0, 0.05) is 25.7 Å². The zero-order valence-electron chi connectivity index (χ0n) is 17.8. The summed E-state index contributed by atoms with van der Waals surface area (Å²) in [5.41, 5.74) is 5.22. The number of likely N-dealkylation sites (tertiary alicyclic amines) is 1. The Hall–Kier alpha value is -3.01. The number of alkyl halides is 2. The number of carbonyl (C=O) groups is 1. The van der Waals surface area contributed by atoms with Gasteiger partial charge in [-0.25, -0.2) is 13.8 Å². The molecule has 0 aromatic carbocycles. The van der Waals surface area contributed by atoms with Crippen molar-refractivity contribution in [3.05, 3.63) is 46.5 Å². The molecule has 1 saturated carbocycles. The van der Waals surface area contributed by atoms with Crippen LogP contribution in [0.25, 0.3) is 0 Å². The number of pyridine rings is 2. The quantitative estimate of drug-likeness (QED) is 0.601. The molecule has 172 valence electrons. The number of halogens is 2. The van der Waals surface area contributed by atoms with Gasteiger partial charge in [0.25, 0.3) is 11.5 Å². The third-order valence-electron chi connectivity index (χ3n) is 6.11. The van der Waals surface area contributed by atoms with Crippen LogP contribution in [0.5, 0.6) is 5.75 Å². The summed E-state index contributed by atoms with van der Waals surface area (Å²) in [6.45, 7) is 2.36. The zero-order valence-corrected chi connectivity index (χ0v) is 17.8. The van der Waals surface area contributed by atoms with E-state index in [-0.39, 0.29) is 30.2 Å². The first-order valence-electron chi connectivity index (χ1n) is 10.7. The average Bonchev–Trinajstić information content (AvgIpc) is 3.59. The van der Waals surface area contributed by atoms with E-state index < -0.39 is 29.9 Å². The fraction of sp³-hybridized carbons (Fsp3) is 0.500. The molecule has 8 nitrogen and oxygen atoms in total. The lowest BCUT2D eigenvalue weighted by atomic mass is 9.87. The summed E-state index contributed by atoms with van der Waals surface area (Å²) in [6, 6.07) is 4.03. The fourth-order valence-corrected chi connectivity index (χ4v) is 3.78. The summed E-state index contributed by atoms with van der Waals surface area (Å²) >= 11 is 0. The number of nitrogens with two attached hydrogens (primary N) is 1. The fourth-order valence-electron chi connectivity index (χ4n) is 3.78. The van der Waals surface area contributed by atoms with Crippen LogP contribution in [0.4, 0.5) is 20.3 Å². The van der Waals surface area contributed by atoms with E-state index >= 15 is 0 Å². The summed E-state index contributed by atoms with van der Waals surface area (Å²) in [5, 5.41) is 2.73. The molecule has 2 aliphatic rings. The Bertz CT molecular complexity index is 1020. The maximum atomic E-state index is 14.6. The summed E-state index contributed by atoms with van der Waals surface area (Å²) in [6.07, 6.45) is 4.80. The maximum Gasteiger partial charge on any atom is 0.271 e. The number of H-pyrrole nitrogens is 1. The van der Waals surface area contributed by atoms with Crippen molar-refractivity contribution in [3.63, 3.8) is 0 Å². The first-order chi connectivity index (χ1) is 15.2. The van der Waals surface area contributed by atoms with Crippen LogP contribution in [0.15, 0.2) is 35.4 Å². The largest absolute Gasteiger partial charge is 0.492 e. The molecular weight excluding hydrogens is 420 g/mol. The first kappa shape index (κ1) is 22.2. The van der Waals surface area contributed by atoms with Crippen molar-refractivity contribution in [1.29, 1.82) is 0 Å². The van der Waals surface area contributed by atoms with Gasteiger partial charge in [-0.1, -0.05) is 0 Å². The highest BCUT2D eigenvalue weighted by atomic mass is 19.3. The third kappa shape index (κ3) is 5.07. The van der Waals surface area contributed by atoms with Crippen LogP contribution in [0.2, 0.25) is 0 Å². The second-order valence-corrected chi connectivity index (χ2v) is 8.57. The van der Waals surface area contributed by atoms with Crippen molar-refractivity contribution in [2.24, 2.45) is 5.92 Å². The Balaban J connectivity index is 1.39.